The van der Waals surface area contributed by atoms with Crippen LogP contribution in [0.25, 0.3) is 0 Å². The number of rotatable bonds is 12. The number of hydrogen-bond donors (Lipinski definition) is 0. The van der Waals surface area contributed by atoms with E-state index in [4.69, 9.17) is 4.74 Å². The molecule has 0 aromatic heterocycles. The van der Waals surface area contributed by atoms with Crippen molar-refractivity contribution in [2.75, 3.05) is 13.3 Å². The zero-order valence-corrected chi connectivity index (χ0v) is 11.2. The highest BCUT2D eigenvalue weighted by Gasteiger charge is 1.94. The average Bonchev–Trinajstić information content (AvgIpc) is 2.30. The second-order valence-electron chi connectivity index (χ2n) is 4.56. The molecule has 0 heterocycles. The second kappa shape index (κ2) is 13.5. The summed E-state index contributed by atoms with van der Waals surface area (Å²) in [4.78, 5) is 10.5. The van der Waals surface area contributed by atoms with E-state index < -0.39 is 0 Å². The van der Waals surface area contributed by atoms with Crippen molar-refractivity contribution < 1.29 is 13.9 Å². The number of hydrogen-bond acceptors (Lipinski definition) is 2. The fraction of sp³-hybridized carbons (Fsp3) is 0.929. The fourth-order valence-corrected chi connectivity index (χ4v) is 1.83. The molecule has 0 saturated heterocycles. The van der Waals surface area contributed by atoms with E-state index >= 15 is 0 Å². The highest BCUT2D eigenvalue weighted by molar-refractivity contribution is 5.65. The molecule has 0 aliphatic carbocycles. The summed E-state index contributed by atoms with van der Waals surface area (Å²) >= 11 is 0. The van der Waals surface area contributed by atoms with Gasteiger partial charge in [0.25, 0.3) is 0 Å². The van der Waals surface area contributed by atoms with Gasteiger partial charge in [0.05, 0.1) is 13.3 Å². The Labute approximate surface area is 105 Å². The van der Waals surface area contributed by atoms with Gasteiger partial charge in [-0.05, 0) is 12.8 Å². The van der Waals surface area contributed by atoms with Crippen LogP contribution in [0.15, 0.2) is 0 Å². The first-order chi connectivity index (χ1) is 8.27. The zero-order valence-electron chi connectivity index (χ0n) is 11.2. The quantitative estimate of drug-likeness (QED) is 0.376. The largest absolute Gasteiger partial charge is 0.466 e. The van der Waals surface area contributed by atoms with E-state index in [1.165, 1.54) is 45.4 Å². The summed E-state index contributed by atoms with van der Waals surface area (Å²) in [5.41, 5.74) is 0. The molecule has 0 bridgehead atoms. The highest BCUT2D eigenvalue weighted by Crippen LogP contribution is 2.10. The SMILES string of the molecule is CC(=O)OCCCCCCCCCCCCF. The molecule has 0 saturated carbocycles. The van der Waals surface area contributed by atoms with Gasteiger partial charge in [0.2, 0.25) is 0 Å². The van der Waals surface area contributed by atoms with Crippen LogP contribution in [0.2, 0.25) is 0 Å². The molecule has 0 aromatic rings. The van der Waals surface area contributed by atoms with E-state index in [0.29, 0.717) is 6.61 Å². The van der Waals surface area contributed by atoms with Crippen molar-refractivity contribution in [3.05, 3.63) is 0 Å². The van der Waals surface area contributed by atoms with Crippen molar-refractivity contribution in [1.29, 1.82) is 0 Å². The van der Waals surface area contributed by atoms with Crippen LogP contribution in [-0.4, -0.2) is 19.3 Å². The van der Waals surface area contributed by atoms with E-state index in [2.05, 4.69) is 0 Å². The molecule has 0 N–H and O–H groups in total. The van der Waals surface area contributed by atoms with Crippen LogP contribution in [0.5, 0.6) is 0 Å². The third-order valence-corrected chi connectivity index (χ3v) is 2.83. The topological polar surface area (TPSA) is 26.3 Å². The molecule has 0 amide bonds. The maximum Gasteiger partial charge on any atom is 0.302 e. The van der Waals surface area contributed by atoms with Gasteiger partial charge < -0.3 is 4.74 Å². The maximum absolute atomic E-state index is 11.8. The van der Waals surface area contributed by atoms with Crippen LogP contribution in [0.4, 0.5) is 4.39 Å². The first-order valence-electron chi connectivity index (χ1n) is 6.96. The van der Waals surface area contributed by atoms with E-state index in [1.54, 1.807) is 0 Å². The van der Waals surface area contributed by atoms with Gasteiger partial charge in [-0.1, -0.05) is 51.4 Å². The first kappa shape index (κ1) is 16.4. The lowest BCUT2D eigenvalue weighted by Crippen LogP contribution is -2.00. The molecule has 0 aromatic carbocycles. The summed E-state index contributed by atoms with van der Waals surface area (Å²) < 4.78 is 16.6. The summed E-state index contributed by atoms with van der Waals surface area (Å²) in [7, 11) is 0. The van der Waals surface area contributed by atoms with Crippen LogP contribution >= 0.6 is 0 Å². The predicted molar refractivity (Wildman–Crippen MR) is 68.8 cm³/mol. The lowest BCUT2D eigenvalue weighted by atomic mass is 10.1. The summed E-state index contributed by atoms with van der Waals surface area (Å²) in [5, 5.41) is 0. The Morgan fingerprint density at radius 3 is 1.65 bits per heavy atom. The Morgan fingerprint density at radius 2 is 1.24 bits per heavy atom. The lowest BCUT2D eigenvalue weighted by molar-refractivity contribution is -0.141. The normalized spacial score (nSPS) is 10.5. The van der Waals surface area contributed by atoms with Crippen LogP contribution in [0.3, 0.4) is 0 Å². The Kier molecular flexibility index (Phi) is 13.0. The molecular weight excluding hydrogens is 219 g/mol. The van der Waals surface area contributed by atoms with Crippen LogP contribution in [-0.2, 0) is 9.53 Å². The van der Waals surface area contributed by atoms with Gasteiger partial charge in [0.15, 0.2) is 0 Å². The van der Waals surface area contributed by atoms with Crippen molar-refractivity contribution in [2.45, 2.75) is 71.1 Å². The Balaban J connectivity index is 2.91. The molecule has 0 aliphatic heterocycles. The molecule has 0 atom stereocenters. The van der Waals surface area contributed by atoms with Gasteiger partial charge in [-0.2, -0.15) is 0 Å². The maximum atomic E-state index is 11.8. The van der Waals surface area contributed by atoms with E-state index in [0.717, 1.165) is 25.7 Å². The molecule has 17 heavy (non-hydrogen) atoms. The molecule has 2 nitrogen and oxygen atoms in total. The van der Waals surface area contributed by atoms with Gasteiger partial charge in [-0.3, -0.25) is 9.18 Å². The molecule has 0 fully saturated rings. The van der Waals surface area contributed by atoms with Crippen molar-refractivity contribution >= 4 is 5.97 Å². The fourth-order valence-electron chi connectivity index (χ4n) is 1.83. The first-order valence-corrected chi connectivity index (χ1v) is 6.96. The highest BCUT2D eigenvalue weighted by atomic mass is 19.1. The standard InChI is InChI=1S/C14H27FO2/c1-14(16)17-13-11-9-7-5-3-2-4-6-8-10-12-15/h2-13H2,1H3. The zero-order chi connectivity index (χ0) is 12.8. The van der Waals surface area contributed by atoms with Crippen LogP contribution in [0.1, 0.15) is 71.1 Å². The van der Waals surface area contributed by atoms with Crippen molar-refractivity contribution in [1.82, 2.24) is 0 Å². The molecule has 0 aliphatic rings. The summed E-state index contributed by atoms with van der Waals surface area (Å²) in [6.45, 7) is 1.85. The molecule has 0 radical (unpaired) electrons. The van der Waals surface area contributed by atoms with E-state index in [1.807, 2.05) is 0 Å². The summed E-state index contributed by atoms with van der Waals surface area (Å²) in [6, 6.07) is 0. The average molecular weight is 246 g/mol. The number of alkyl halides is 1. The van der Waals surface area contributed by atoms with Gasteiger partial charge in [0.1, 0.15) is 0 Å². The molecule has 102 valence electrons. The third kappa shape index (κ3) is 15.4. The monoisotopic (exact) mass is 246 g/mol. The van der Waals surface area contributed by atoms with Crippen LogP contribution < -0.4 is 0 Å². The smallest absolute Gasteiger partial charge is 0.302 e. The minimum absolute atomic E-state index is 0.164. The van der Waals surface area contributed by atoms with E-state index in [-0.39, 0.29) is 12.6 Å². The molecule has 0 rings (SSSR count). The summed E-state index contributed by atoms with van der Waals surface area (Å²) in [5.74, 6) is -0.182. The number of esters is 1. The Bertz CT molecular complexity index is 172. The number of unbranched alkanes of at least 4 members (excludes halogenated alkanes) is 9. The summed E-state index contributed by atoms with van der Waals surface area (Å²) in [6.07, 6.45) is 11.4. The number of carbonyl (C=O) groups is 1. The van der Waals surface area contributed by atoms with Gasteiger partial charge in [-0.15, -0.1) is 0 Å². The second-order valence-corrected chi connectivity index (χ2v) is 4.56. The molecular formula is C14H27FO2. The molecule has 0 spiro atoms. The van der Waals surface area contributed by atoms with Crippen LogP contribution in [0, 0.1) is 0 Å². The number of ether oxygens (including phenoxy) is 1. The van der Waals surface area contributed by atoms with Gasteiger partial charge in [-0.25, -0.2) is 0 Å². The Morgan fingerprint density at radius 1 is 0.824 bits per heavy atom. The lowest BCUT2D eigenvalue weighted by Gasteiger charge is -2.03. The molecule has 3 heteroatoms. The number of carbonyl (C=O) groups excluding carboxylic acids is 1. The predicted octanol–water partition coefficient (Wildman–Crippen LogP) is 4.42. The van der Waals surface area contributed by atoms with E-state index in [9.17, 15) is 9.18 Å². The van der Waals surface area contributed by atoms with Crippen molar-refractivity contribution in [3.8, 4) is 0 Å². The van der Waals surface area contributed by atoms with Crippen molar-refractivity contribution in [2.24, 2.45) is 0 Å². The minimum atomic E-state index is -0.182. The van der Waals surface area contributed by atoms with Crippen molar-refractivity contribution in [3.63, 3.8) is 0 Å². The number of halogens is 1. The van der Waals surface area contributed by atoms with Gasteiger partial charge >= 0.3 is 5.97 Å². The Hall–Kier alpha value is -0.600. The minimum Gasteiger partial charge on any atom is -0.466 e. The molecule has 0 unspecified atom stereocenters. The van der Waals surface area contributed by atoms with Gasteiger partial charge in [0, 0.05) is 6.92 Å². The third-order valence-electron chi connectivity index (χ3n) is 2.83.